The Bertz CT molecular complexity index is 394. The molecule has 1 aromatic rings. The fraction of sp³-hybridized carbons (Fsp3) is 0.375. The molecule has 0 amide bonds. The minimum atomic E-state index is 0.923. The van der Waals surface area contributed by atoms with Crippen molar-refractivity contribution >= 4 is 0 Å². The lowest BCUT2D eigenvalue weighted by molar-refractivity contribution is 0.563. The molecule has 3 heteroatoms. The van der Waals surface area contributed by atoms with Gasteiger partial charge in [0.1, 0.15) is 0 Å². The lowest BCUT2D eigenvalue weighted by Crippen LogP contribution is -2.08. The Kier molecular flexibility index (Phi) is 7.59. The Balaban J connectivity index is 2.51. The molecule has 0 saturated carbocycles. The van der Waals surface area contributed by atoms with Gasteiger partial charge < -0.3 is 10.2 Å². The van der Waals surface area contributed by atoms with E-state index < -0.39 is 0 Å². The monoisotopic (exact) mass is 258 g/mol. The minimum absolute atomic E-state index is 0.923. The van der Waals surface area contributed by atoms with E-state index in [2.05, 4.69) is 41.1 Å². The van der Waals surface area contributed by atoms with Gasteiger partial charge in [-0.1, -0.05) is 12.1 Å². The second-order valence-electron chi connectivity index (χ2n) is 4.68. The van der Waals surface area contributed by atoms with Crippen LogP contribution in [0.2, 0.25) is 0 Å². The Hall–Kier alpha value is -1.61. The third-order valence-electron chi connectivity index (χ3n) is 2.66. The Morgan fingerprint density at radius 1 is 1.42 bits per heavy atom. The first-order valence-electron chi connectivity index (χ1n) is 6.63. The molecule has 0 unspecified atom stereocenters. The summed E-state index contributed by atoms with van der Waals surface area (Å²) in [6, 6.07) is 4.07. The van der Waals surface area contributed by atoms with Gasteiger partial charge >= 0.3 is 0 Å². The van der Waals surface area contributed by atoms with Crippen LogP contribution in [0.25, 0.3) is 0 Å². The fourth-order valence-electron chi connectivity index (χ4n) is 1.60. The highest BCUT2D eigenvalue weighted by Gasteiger charge is 1.95. The van der Waals surface area contributed by atoms with Gasteiger partial charge in [0, 0.05) is 26.5 Å². The topological polar surface area (TPSA) is 28.2 Å². The molecule has 0 aliphatic carbocycles. The van der Waals surface area contributed by atoms with E-state index in [1.165, 1.54) is 11.1 Å². The van der Waals surface area contributed by atoms with Gasteiger partial charge in [0.25, 0.3) is 0 Å². The quantitative estimate of drug-likeness (QED) is 0.726. The molecule has 0 fully saturated rings. The molecular weight excluding hydrogens is 234 g/mol. The van der Waals surface area contributed by atoms with Crippen LogP contribution in [-0.4, -0.2) is 37.6 Å². The summed E-state index contributed by atoms with van der Waals surface area (Å²) in [6.45, 7) is 0.990. The average molecular weight is 258 g/mol. The van der Waals surface area contributed by atoms with E-state index in [4.69, 9.17) is 0 Å². The maximum Gasteiger partial charge on any atom is 0.0300 e. The zero-order valence-electron chi connectivity index (χ0n) is 12.1. The van der Waals surface area contributed by atoms with Crippen molar-refractivity contribution in [3.8, 4) is 0 Å². The van der Waals surface area contributed by atoms with Crippen LogP contribution >= 0.6 is 0 Å². The third-order valence-corrected chi connectivity index (χ3v) is 2.66. The summed E-state index contributed by atoms with van der Waals surface area (Å²) in [5, 5.41) is 3.18. The van der Waals surface area contributed by atoms with Crippen molar-refractivity contribution in [1.29, 1.82) is 0 Å². The van der Waals surface area contributed by atoms with E-state index in [1.807, 2.05) is 38.3 Å². The highest BCUT2D eigenvalue weighted by Crippen LogP contribution is 2.07. The molecule has 1 N–H and O–H groups in total. The van der Waals surface area contributed by atoms with Crippen LogP contribution in [0.1, 0.15) is 12.0 Å². The molecule has 0 aromatic carbocycles. The number of pyridine rings is 1. The van der Waals surface area contributed by atoms with Gasteiger partial charge in [0.15, 0.2) is 0 Å². The first kappa shape index (κ1) is 15.4. The highest BCUT2D eigenvalue weighted by atomic mass is 15.0. The number of nitrogens with one attached hydrogen (secondary N) is 1. The molecule has 1 radical (unpaired) electrons. The normalized spacial score (nSPS) is 12.1. The van der Waals surface area contributed by atoms with E-state index >= 15 is 0 Å². The average Bonchev–Trinajstić information content (AvgIpc) is 2.42. The fourth-order valence-corrected chi connectivity index (χ4v) is 1.60. The molecule has 3 nitrogen and oxygen atoms in total. The molecule has 0 bridgehead atoms. The van der Waals surface area contributed by atoms with Crippen molar-refractivity contribution in [3.63, 3.8) is 0 Å². The molecule has 103 valence electrons. The van der Waals surface area contributed by atoms with Gasteiger partial charge in [-0.2, -0.15) is 0 Å². The van der Waals surface area contributed by atoms with E-state index in [9.17, 15) is 0 Å². The third kappa shape index (κ3) is 7.42. The maximum absolute atomic E-state index is 4.12. The molecule has 0 saturated heterocycles. The highest BCUT2D eigenvalue weighted by molar-refractivity contribution is 5.24. The van der Waals surface area contributed by atoms with Crippen molar-refractivity contribution in [2.24, 2.45) is 0 Å². The van der Waals surface area contributed by atoms with E-state index in [1.54, 1.807) is 6.20 Å². The van der Waals surface area contributed by atoms with Crippen molar-refractivity contribution in [3.05, 3.63) is 60.4 Å². The number of rotatable bonds is 8. The van der Waals surface area contributed by atoms with Crippen LogP contribution in [0.4, 0.5) is 0 Å². The van der Waals surface area contributed by atoms with Gasteiger partial charge in [0.2, 0.25) is 0 Å². The van der Waals surface area contributed by atoms with Crippen molar-refractivity contribution in [2.75, 3.05) is 27.7 Å². The SMILES string of the molecule is CNCCC(/C=C\N(C)C)=C/[CH]Cc1cccnc1. The molecule has 0 aliphatic rings. The Morgan fingerprint density at radius 2 is 2.26 bits per heavy atom. The van der Waals surface area contributed by atoms with Gasteiger partial charge in [-0.25, -0.2) is 0 Å². The molecule has 1 heterocycles. The van der Waals surface area contributed by atoms with Gasteiger partial charge in [-0.3, -0.25) is 4.98 Å². The Morgan fingerprint density at radius 3 is 2.89 bits per heavy atom. The van der Waals surface area contributed by atoms with E-state index in [0.29, 0.717) is 0 Å². The summed E-state index contributed by atoms with van der Waals surface area (Å²) in [5.74, 6) is 0. The summed E-state index contributed by atoms with van der Waals surface area (Å²) < 4.78 is 0. The van der Waals surface area contributed by atoms with Gasteiger partial charge in [-0.05, 0) is 62.3 Å². The summed E-state index contributed by atoms with van der Waals surface area (Å²) in [4.78, 5) is 6.17. The molecule has 0 spiro atoms. The van der Waals surface area contributed by atoms with Gasteiger partial charge in [-0.15, -0.1) is 0 Å². The van der Waals surface area contributed by atoms with Crippen molar-refractivity contribution in [2.45, 2.75) is 12.8 Å². The van der Waals surface area contributed by atoms with Crippen molar-refractivity contribution < 1.29 is 0 Å². The lowest BCUT2D eigenvalue weighted by atomic mass is 10.1. The molecule has 0 atom stereocenters. The van der Waals surface area contributed by atoms with Crippen LogP contribution in [0, 0.1) is 6.42 Å². The number of hydrogen-bond donors (Lipinski definition) is 1. The van der Waals surface area contributed by atoms with E-state index in [-0.39, 0.29) is 0 Å². The second kappa shape index (κ2) is 9.34. The summed E-state index contributed by atoms with van der Waals surface area (Å²) in [5.41, 5.74) is 2.57. The predicted molar refractivity (Wildman–Crippen MR) is 81.7 cm³/mol. The molecule has 0 aliphatic heterocycles. The van der Waals surface area contributed by atoms with Gasteiger partial charge in [0.05, 0.1) is 0 Å². The Labute approximate surface area is 117 Å². The molecular formula is C16H24N3. The maximum atomic E-state index is 4.12. The zero-order chi connectivity index (χ0) is 13.9. The second-order valence-corrected chi connectivity index (χ2v) is 4.68. The van der Waals surface area contributed by atoms with Crippen LogP contribution < -0.4 is 5.32 Å². The first-order chi connectivity index (χ1) is 9.22. The lowest BCUT2D eigenvalue weighted by Gasteiger charge is -2.06. The molecule has 19 heavy (non-hydrogen) atoms. The number of allylic oxidation sites excluding steroid dienone is 2. The molecule has 1 aromatic heterocycles. The largest absolute Gasteiger partial charge is 0.383 e. The van der Waals surface area contributed by atoms with Crippen LogP contribution in [-0.2, 0) is 6.42 Å². The number of aromatic nitrogens is 1. The minimum Gasteiger partial charge on any atom is -0.383 e. The summed E-state index contributed by atoms with van der Waals surface area (Å²) >= 11 is 0. The zero-order valence-corrected chi connectivity index (χ0v) is 12.1. The number of nitrogens with zero attached hydrogens (tertiary/aromatic N) is 2. The standard InChI is InChI=1S/C16H24N3/c1-17-12-9-15(10-13-19(2)3)6-4-7-16-8-5-11-18-14-16/h4-6,8,10-11,13-14,17H,7,9,12H2,1-3H3/b13-10-,15-6-. The van der Waals surface area contributed by atoms with Crippen LogP contribution in [0.3, 0.4) is 0 Å². The summed E-state index contributed by atoms with van der Waals surface area (Å²) in [6.07, 6.45) is 14.3. The van der Waals surface area contributed by atoms with Crippen molar-refractivity contribution in [1.82, 2.24) is 15.2 Å². The first-order valence-corrected chi connectivity index (χ1v) is 6.63. The van der Waals surface area contributed by atoms with Crippen LogP contribution in [0.15, 0.2) is 48.5 Å². The van der Waals surface area contributed by atoms with Crippen LogP contribution in [0.5, 0.6) is 0 Å². The number of hydrogen-bond acceptors (Lipinski definition) is 3. The smallest absolute Gasteiger partial charge is 0.0300 e. The van der Waals surface area contributed by atoms with E-state index in [0.717, 1.165) is 19.4 Å². The molecule has 1 rings (SSSR count). The summed E-state index contributed by atoms with van der Waals surface area (Å²) in [7, 11) is 6.05. The predicted octanol–water partition coefficient (Wildman–Crippen LogP) is 2.44.